The molecule has 0 N–H and O–H groups in total. The molecule has 0 heterocycles. The summed E-state index contributed by atoms with van der Waals surface area (Å²) in [6.45, 7) is 5.35. The Hall–Kier alpha value is -2.38. The standard InChI is InChI=1S/C16H15ClN2O2/c1-4-14(19(20)21)9-15(17)16(11(2)3)13-7-5-12(10-18)6-8-13/h4-9H,1-3H3/b14-4+,15-9+. The molecule has 5 heteroatoms. The molecule has 0 aliphatic carbocycles. The third-order valence-corrected chi connectivity index (χ3v) is 3.12. The summed E-state index contributed by atoms with van der Waals surface area (Å²) < 4.78 is 0. The molecule has 0 unspecified atom stereocenters. The second-order valence-electron chi connectivity index (χ2n) is 4.53. The minimum Gasteiger partial charge on any atom is -0.258 e. The van der Waals surface area contributed by atoms with E-state index >= 15 is 0 Å². The van der Waals surface area contributed by atoms with Crippen molar-refractivity contribution in [1.29, 1.82) is 5.26 Å². The first kappa shape index (κ1) is 16.7. The highest BCUT2D eigenvalue weighted by molar-refractivity contribution is 6.37. The molecule has 0 atom stereocenters. The highest BCUT2D eigenvalue weighted by Gasteiger charge is 2.13. The van der Waals surface area contributed by atoms with Crippen LogP contribution in [0.25, 0.3) is 5.57 Å². The molecule has 1 rings (SSSR count). The van der Waals surface area contributed by atoms with Gasteiger partial charge < -0.3 is 0 Å². The summed E-state index contributed by atoms with van der Waals surface area (Å²) in [6, 6.07) is 8.97. The van der Waals surface area contributed by atoms with Gasteiger partial charge in [-0.2, -0.15) is 5.26 Å². The third-order valence-electron chi connectivity index (χ3n) is 2.82. The highest BCUT2D eigenvalue weighted by Crippen LogP contribution is 2.30. The van der Waals surface area contributed by atoms with E-state index in [0.29, 0.717) is 10.6 Å². The largest absolute Gasteiger partial charge is 0.266 e. The lowest BCUT2D eigenvalue weighted by molar-refractivity contribution is -0.419. The number of rotatable bonds is 4. The van der Waals surface area contributed by atoms with Crippen molar-refractivity contribution in [2.75, 3.05) is 0 Å². The Labute approximate surface area is 128 Å². The van der Waals surface area contributed by atoms with Gasteiger partial charge in [0.2, 0.25) is 0 Å². The first-order valence-corrected chi connectivity index (χ1v) is 6.64. The van der Waals surface area contributed by atoms with Crippen LogP contribution >= 0.6 is 11.6 Å². The molecule has 0 spiro atoms. The maximum Gasteiger partial charge on any atom is 0.266 e. The fourth-order valence-electron chi connectivity index (χ4n) is 1.82. The van der Waals surface area contributed by atoms with E-state index in [4.69, 9.17) is 16.9 Å². The average molecular weight is 303 g/mol. The lowest BCUT2D eigenvalue weighted by Gasteiger charge is -2.09. The number of halogens is 1. The number of hydrogen-bond acceptors (Lipinski definition) is 3. The van der Waals surface area contributed by atoms with Crippen LogP contribution in [0.1, 0.15) is 31.9 Å². The maximum absolute atomic E-state index is 10.9. The molecular formula is C16H15ClN2O2. The minimum absolute atomic E-state index is 0.0626. The summed E-state index contributed by atoms with van der Waals surface area (Å²) in [7, 11) is 0. The Morgan fingerprint density at radius 1 is 1.33 bits per heavy atom. The third kappa shape index (κ3) is 4.30. The summed E-state index contributed by atoms with van der Waals surface area (Å²) in [5.41, 5.74) is 2.95. The van der Waals surface area contributed by atoms with E-state index in [9.17, 15) is 10.1 Å². The lowest BCUT2D eigenvalue weighted by Crippen LogP contribution is -1.97. The molecule has 0 saturated heterocycles. The SMILES string of the molecule is C/C=C(\C=C(\Cl)C(=C(C)C)c1ccc(C#N)cc1)[N+](=O)[O-]. The second kappa shape index (κ2) is 7.41. The van der Waals surface area contributed by atoms with Crippen molar-refractivity contribution >= 4 is 17.2 Å². The molecule has 0 radical (unpaired) electrons. The van der Waals surface area contributed by atoms with Gasteiger partial charge in [0.15, 0.2) is 0 Å². The van der Waals surface area contributed by atoms with E-state index < -0.39 is 4.92 Å². The Morgan fingerprint density at radius 2 is 1.90 bits per heavy atom. The number of nitriles is 1. The Balaban J connectivity index is 3.32. The monoisotopic (exact) mass is 302 g/mol. The fraction of sp³-hybridized carbons (Fsp3) is 0.188. The number of nitrogens with zero attached hydrogens (tertiary/aromatic N) is 2. The smallest absolute Gasteiger partial charge is 0.258 e. The predicted octanol–water partition coefficient (Wildman–Crippen LogP) is 4.65. The van der Waals surface area contributed by atoms with Crippen LogP contribution in [-0.2, 0) is 0 Å². The van der Waals surface area contributed by atoms with Crippen LogP contribution in [0.5, 0.6) is 0 Å². The molecule has 4 nitrogen and oxygen atoms in total. The van der Waals surface area contributed by atoms with Crippen molar-refractivity contribution in [3.05, 3.63) is 74.0 Å². The van der Waals surface area contributed by atoms with E-state index in [1.807, 2.05) is 19.9 Å². The Kier molecular flexibility index (Phi) is 5.89. The van der Waals surface area contributed by atoms with E-state index in [0.717, 1.165) is 16.7 Å². The molecule has 108 valence electrons. The molecule has 0 amide bonds. The highest BCUT2D eigenvalue weighted by atomic mass is 35.5. The molecule has 0 aliphatic rings. The van der Waals surface area contributed by atoms with Crippen LogP contribution in [0.2, 0.25) is 0 Å². The van der Waals surface area contributed by atoms with E-state index in [2.05, 4.69) is 0 Å². The van der Waals surface area contributed by atoms with Crippen molar-refractivity contribution in [3.8, 4) is 6.07 Å². The molecule has 0 saturated carbocycles. The van der Waals surface area contributed by atoms with Gasteiger partial charge in [-0.15, -0.1) is 0 Å². The number of allylic oxidation sites excluding steroid dienone is 5. The van der Waals surface area contributed by atoms with Crippen LogP contribution in [0.4, 0.5) is 0 Å². The maximum atomic E-state index is 10.9. The van der Waals surface area contributed by atoms with Crippen molar-refractivity contribution in [1.82, 2.24) is 0 Å². The first-order chi connectivity index (χ1) is 9.90. The molecule has 1 aromatic rings. The topological polar surface area (TPSA) is 66.9 Å². The van der Waals surface area contributed by atoms with Crippen LogP contribution < -0.4 is 0 Å². The molecule has 21 heavy (non-hydrogen) atoms. The second-order valence-corrected chi connectivity index (χ2v) is 4.93. The van der Waals surface area contributed by atoms with Gasteiger partial charge in [-0.25, -0.2) is 0 Å². The molecule has 0 aliphatic heterocycles. The average Bonchev–Trinajstić information content (AvgIpc) is 2.45. The van der Waals surface area contributed by atoms with Crippen molar-refractivity contribution in [2.45, 2.75) is 20.8 Å². The molecule has 0 bridgehead atoms. The van der Waals surface area contributed by atoms with Gasteiger partial charge >= 0.3 is 0 Å². The fourth-order valence-corrected chi connectivity index (χ4v) is 2.23. The molecule has 0 fully saturated rings. The number of benzene rings is 1. The van der Waals surface area contributed by atoms with Gasteiger partial charge in [0.05, 0.1) is 21.6 Å². The summed E-state index contributed by atoms with van der Waals surface area (Å²) in [5.74, 6) is 0. The van der Waals surface area contributed by atoms with Gasteiger partial charge in [-0.05, 0) is 50.1 Å². The number of nitro groups is 1. The van der Waals surface area contributed by atoms with E-state index in [1.165, 1.54) is 12.2 Å². The lowest BCUT2D eigenvalue weighted by atomic mass is 9.99. The Bertz CT molecular complexity index is 673. The zero-order chi connectivity index (χ0) is 16.0. The van der Waals surface area contributed by atoms with Gasteiger partial charge in [-0.3, -0.25) is 10.1 Å². The molecular weight excluding hydrogens is 288 g/mol. The minimum atomic E-state index is -0.482. The Morgan fingerprint density at radius 3 is 2.29 bits per heavy atom. The summed E-state index contributed by atoms with van der Waals surface area (Å²) >= 11 is 6.26. The van der Waals surface area contributed by atoms with Crippen LogP contribution in [0, 0.1) is 21.4 Å². The van der Waals surface area contributed by atoms with Crippen LogP contribution in [0.3, 0.4) is 0 Å². The zero-order valence-electron chi connectivity index (χ0n) is 12.1. The van der Waals surface area contributed by atoms with E-state index in [-0.39, 0.29) is 5.70 Å². The van der Waals surface area contributed by atoms with Crippen LogP contribution in [-0.4, -0.2) is 4.92 Å². The van der Waals surface area contributed by atoms with Gasteiger partial charge in [0.25, 0.3) is 5.70 Å². The summed E-state index contributed by atoms with van der Waals surface area (Å²) in [6.07, 6.45) is 2.73. The van der Waals surface area contributed by atoms with Crippen molar-refractivity contribution in [3.63, 3.8) is 0 Å². The normalized spacial score (nSPS) is 11.8. The van der Waals surface area contributed by atoms with E-state index in [1.54, 1.807) is 31.2 Å². The first-order valence-electron chi connectivity index (χ1n) is 6.27. The molecule has 0 aromatic heterocycles. The summed E-state index contributed by atoms with van der Waals surface area (Å²) in [5, 5.41) is 20.0. The molecule has 1 aromatic carbocycles. The summed E-state index contributed by atoms with van der Waals surface area (Å²) in [4.78, 5) is 10.4. The van der Waals surface area contributed by atoms with Crippen LogP contribution in [0.15, 0.2) is 52.7 Å². The van der Waals surface area contributed by atoms with Crippen molar-refractivity contribution < 1.29 is 4.92 Å². The number of hydrogen-bond donors (Lipinski definition) is 0. The quantitative estimate of drug-likeness (QED) is 0.461. The zero-order valence-corrected chi connectivity index (χ0v) is 12.8. The van der Waals surface area contributed by atoms with Crippen molar-refractivity contribution in [2.24, 2.45) is 0 Å². The van der Waals surface area contributed by atoms with Gasteiger partial charge in [-0.1, -0.05) is 29.3 Å². The predicted molar refractivity (Wildman–Crippen MR) is 84.1 cm³/mol. The van der Waals surface area contributed by atoms with Gasteiger partial charge in [0.1, 0.15) is 0 Å². The van der Waals surface area contributed by atoms with Gasteiger partial charge in [0, 0.05) is 6.08 Å².